The second-order valence-electron chi connectivity index (χ2n) is 4.83. The van der Waals surface area contributed by atoms with E-state index in [1.54, 1.807) is 6.07 Å². The summed E-state index contributed by atoms with van der Waals surface area (Å²) in [6.45, 7) is 3.25. The Morgan fingerprint density at radius 2 is 1.81 bits per heavy atom. The second kappa shape index (κ2) is 7.74. The van der Waals surface area contributed by atoms with Crippen molar-refractivity contribution in [2.24, 2.45) is 0 Å². The molecule has 2 rings (SSSR count). The summed E-state index contributed by atoms with van der Waals surface area (Å²) >= 11 is 0. The number of nitrogens with one attached hydrogen (secondary N) is 1. The molecule has 0 fully saturated rings. The lowest BCUT2D eigenvalue weighted by Gasteiger charge is -2.19. The molecule has 0 aromatic heterocycles. The monoisotopic (exact) mass is 291 g/mol. The van der Waals surface area contributed by atoms with Gasteiger partial charge in [0, 0.05) is 6.04 Å². The van der Waals surface area contributed by atoms with Gasteiger partial charge in [-0.1, -0.05) is 31.2 Å². The van der Waals surface area contributed by atoms with Gasteiger partial charge in [-0.15, -0.1) is 0 Å². The maximum atomic E-state index is 13.2. The number of rotatable bonds is 7. The van der Waals surface area contributed by atoms with Crippen molar-refractivity contribution in [2.75, 3.05) is 13.2 Å². The number of halogens is 2. The van der Waals surface area contributed by atoms with E-state index in [0.29, 0.717) is 13.0 Å². The molecule has 0 heterocycles. The lowest BCUT2D eigenvalue weighted by atomic mass is 10.1. The van der Waals surface area contributed by atoms with Gasteiger partial charge in [-0.25, -0.2) is 8.78 Å². The van der Waals surface area contributed by atoms with Crippen LogP contribution in [-0.2, 0) is 6.42 Å². The van der Waals surface area contributed by atoms with E-state index in [1.165, 1.54) is 6.07 Å². The first-order valence-corrected chi connectivity index (χ1v) is 7.04. The molecule has 1 N–H and O–H groups in total. The number of hydrogen-bond donors (Lipinski definition) is 1. The number of ether oxygens (including phenoxy) is 1. The molecule has 0 radical (unpaired) electrons. The van der Waals surface area contributed by atoms with E-state index < -0.39 is 11.6 Å². The van der Waals surface area contributed by atoms with E-state index in [9.17, 15) is 8.78 Å². The molecule has 21 heavy (non-hydrogen) atoms. The van der Waals surface area contributed by atoms with Gasteiger partial charge >= 0.3 is 0 Å². The Bertz CT molecular complexity index is 560. The standard InChI is InChI=1S/C17H19F2NO/c1-2-20-14(12-21-15-6-4-3-5-7-15)10-13-8-9-16(18)17(19)11-13/h3-9,11,14,20H,2,10,12H2,1H3. The summed E-state index contributed by atoms with van der Waals surface area (Å²) in [5.41, 5.74) is 0.747. The van der Waals surface area contributed by atoms with Gasteiger partial charge in [0.1, 0.15) is 12.4 Å². The van der Waals surface area contributed by atoms with Gasteiger partial charge in [-0.05, 0) is 42.8 Å². The van der Waals surface area contributed by atoms with Crippen LogP contribution in [0.1, 0.15) is 12.5 Å². The second-order valence-corrected chi connectivity index (χ2v) is 4.83. The van der Waals surface area contributed by atoms with E-state index in [2.05, 4.69) is 5.32 Å². The van der Waals surface area contributed by atoms with Crippen LogP contribution in [0.5, 0.6) is 5.75 Å². The van der Waals surface area contributed by atoms with E-state index >= 15 is 0 Å². The quantitative estimate of drug-likeness (QED) is 0.842. The summed E-state index contributed by atoms with van der Waals surface area (Å²) < 4.78 is 31.9. The molecule has 0 saturated carbocycles. The minimum absolute atomic E-state index is 0.0417. The van der Waals surface area contributed by atoms with Crippen molar-refractivity contribution in [3.8, 4) is 5.75 Å². The molecule has 0 aliphatic carbocycles. The summed E-state index contributed by atoms with van der Waals surface area (Å²) in [5.74, 6) is -0.836. The lowest BCUT2D eigenvalue weighted by Crippen LogP contribution is -2.36. The molecule has 0 spiro atoms. The molecule has 0 saturated heterocycles. The Kier molecular flexibility index (Phi) is 5.69. The third-order valence-corrected chi connectivity index (χ3v) is 3.15. The van der Waals surface area contributed by atoms with Gasteiger partial charge in [0.25, 0.3) is 0 Å². The summed E-state index contributed by atoms with van der Waals surface area (Å²) in [4.78, 5) is 0. The third kappa shape index (κ3) is 4.83. The molecule has 1 atom stereocenters. The Labute approximate surface area is 123 Å². The molecule has 1 unspecified atom stereocenters. The third-order valence-electron chi connectivity index (χ3n) is 3.15. The Hall–Kier alpha value is -1.94. The summed E-state index contributed by atoms with van der Waals surface area (Å²) in [6, 6.07) is 13.6. The predicted molar refractivity (Wildman–Crippen MR) is 79.5 cm³/mol. The van der Waals surface area contributed by atoms with Crippen LogP contribution in [0.4, 0.5) is 8.78 Å². The van der Waals surface area contributed by atoms with Crippen LogP contribution in [0.15, 0.2) is 48.5 Å². The first-order chi connectivity index (χ1) is 10.2. The zero-order valence-corrected chi connectivity index (χ0v) is 12.0. The van der Waals surface area contributed by atoms with Crippen LogP contribution >= 0.6 is 0 Å². The highest BCUT2D eigenvalue weighted by molar-refractivity contribution is 5.21. The van der Waals surface area contributed by atoms with Gasteiger partial charge in [-0.2, -0.15) is 0 Å². The molecule has 0 aliphatic heterocycles. The number of benzene rings is 2. The van der Waals surface area contributed by atoms with Gasteiger partial charge in [0.05, 0.1) is 0 Å². The van der Waals surface area contributed by atoms with Crippen LogP contribution in [0.25, 0.3) is 0 Å². The number of hydrogen-bond acceptors (Lipinski definition) is 2. The lowest BCUT2D eigenvalue weighted by molar-refractivity contribution is 0.264. The topological polar surface area (TPSA) is 21.3 Å². The average molecular weight is 291 g/mol. The van der Waals surface area contributed by atoms with E-state index in [4.69, 9.17) is 4.74 Å². The first-order valence-electron chi connectivity index (χ1n) is 7.04. The van der Waals surface area contributed by atoms with Crippen molar-refractivity contribution in [3.05, 3.63) is 65.7 Å². The molecule has 2 aromatic rings. The molecule has 112 valence electrons. The molecular weight excluding hydrogens is 272 g/mol. The van der Waals surface area contributed by atoms with Crippen LogP contribution in [0.2, 0.25) is 0 Å². The fourth-order valence-corrected chi connectivity index (χ4v) is 2.14. The van der Waals surface area contributed by atoms with Crippen LogP contribution < -0.4 is 10.1 Å². The fraction of sp³-hybridized carbons (Fsp3) is 0.294. The minimum Gasteiger partial charge on any atom is -0.492 e. The van der Waals surface area contributed by atoms with Crippen molar-refractivity contribution in [1.29, 1.82) is 0 Å². The Morgan fingerprint density at radius 3 is 2.48 bits per heavy atom. The molecular formula is C17H19F2NO. The maximum absolute atomic E-state index is 13.2. The minimum atomic E-state index is -0.820. The Morgan fingerprint density at radius 1 is 1.05 bits per heavy atom. The molecule has 2 nitrogen and oxygen atoms in total. The normalized spacial score (nSPS) is 12.1. The van der Waals surface area contributed by atoms with Crippen molar-refractivity contribution >= 4 is 0 Å². The van der Waals surface area contributed by atoms with E-state index in [1.807, 2.05) is 37.3 Å². The fourth-order valence-electron chi connectivity index (χ4n) is 2.14. The van der Waals surface area contributed by atoms with Crippen molar-refractivity contribution in [1.82, 2.24) is 5.32 Å². The van der Waals surface area contributed by atoms with E-state index in [-0.39, 0.29) is 6.04 Å². The largest absolute Gasteiger partial charge is 0.492 e. The van der Waals surface area contributed by atoms with Crippen molar-refractivity contribution in [3.63, 3.8) is 0 Å². The van der Waals surface area contributed by atoms with Crippen LogP contribution in [0.3, 0.4) is 0 Å². The van der Waals surface area contributed by atoms with Gasteiger partial charge in [-0.3, -0.25) is 0 Å². The Balaban J connectivity index is 1.96. The smallest absolute Gasteiger partial charge is 0.159 e. The van der Waals surface area contributed by atoms with Crippen molar-refractivity contribution < 1.29 is 13.5 Å². The molecule has 2 aromatic carbocycles. The molecule has 0 bridgehead atoms. The van der Waals surface area contributed by atoms with Gasteiger partial charge < -0.3 is 10.1 Å². The zero-order valence-electron chi connectivity index (χ0n) is 12.0. The molecule has 0 amide bonds. The van der Waals surface area contributed by atoms with Crippen molar-refractivity contribution in [2.45, 2.75) is 19.4 Å². The highest BCUT2D eigenvalue weighted by atomic mass is 19.2. The molecule has 4 heteroatoms. The van der Waals surface area contributed by atoms with Gasteiger partial charge in [0.15, 0.2) is 11.6 Å². The van der Waals surface area contributed by atoms with Crippen LogP contribution in [-0.4, -0.2) is 19.2 Å². The highest BCUT2D eigenvalue weighted by Crippen LogP contribution is 2.13. The zero-order chi connectivity index (χ0) is 15.1. The van der Waals surface area contributed by atoms with E-state index in [0.717, 1.165) is 23.9 Å². The summed E-state index contributed by atoms with van der Waals surface area (Å²) in [5, 5.41) is 3.29. The predicted octanol–water partition coefficient (Wildman–Crippen LogP) is 3.56. The van der Waals surface area contributed by atoms with Gasteiger partial charge in [0.2, 0.25) is 0 Å². The first kappa shape index (κ1) is 15.4. The number of para-hydroxylation sites is 1. The maximum Gasteiger partial charge on any atom is 0.159 e. The number of likely N-dealkylation sites (N-methyl/N-ethyl adjacent to an activating group) is 1. The SMILES string of the molecule is CCNC(COc1ccccc1)Cc1ccc(F)c(F)c1. The summed E-state index contributed by atoms with van der Waals surface area (Å²) in [6.07, 6.45) is 0.581. The van der Waals surface area contributed by atoms with Crippen LogP contribution in [0, 0.1) is 11.6 Å². The molecule has 0 aliphatic rings. The summed E-state index contributed by atoms with van der Waals surface area (Å²) in [7, 11) is 0. The highest BCUT2D eigenvalue weighted by Gasteiger charge is 2.11. The average Bonchev–Trinajstić information content (AvgIpc) is 2.50.